The standard InChI is InChI=1S/C11H15NSi/c1-3-4-5-6-7-9-12-10-8-11-13-2/h1,12H,8-11,13H2,2H3. The molecule has 0 bridgehead atoms. The molecule has 0 saturated carbocycles. The molecule has 0 radical (unpaired) electrons. The molecule has 0 aromatic heterocycles. The van der Waals surface area contributed by atoms with E-state index in [4.69, 9.17) is 6.42 Å². The quantitative estimate of drug-likeness (QED) is 0.371. The summed E-state index contributed by atoms with van der Waals surface area (Å²) in [6.07, 6.45) is 6.20. The van der Waals surface area contributed by atoms with Crippen LogP contribution in [0.2, 0.25) is 12.6 Å². The summed E-state index contributed by atoms with van der Waals surface area (Å²) in [5.41, 5.74) is 0. The highest BCUT2D eigenvalue weighted by Crippen LogP contribution is 1.83. The first-order valence-electron chi connectivity index (χ1n) is 4.56. The highest BCUT2D eigenvalue weighted by atomic mass is 28.2. The van der Waals surface area contributed by atoms with Crippen LogP contribution in [0.25, 0.3) is 0 Å². The molecule has 0 amide bonds. The van der Waals surface area contributed by atoms with Crippen LogP contribution >= 0.6 is 0 Å². The van der Waals surface area contributed by atoms with Crippen molar-refractivity contribution < 1.29 is 0 Å². The molecule has 0 aromatic rings. The van der Waals surface area contributed by atoms with E-state index in [1.807, 2.05) is 0 Å². The maximum absolute atomic E-state index is 4.92. The largest absolute Gasteiger partial charge is 0.306 e. The predicted octanol–water partition coefficient (Wildman–Crippen LogP) is 0.241. The Labute approximate surface area is 83.5 Å². The van der Waals surface area contributed by atoms with Crippen LogP contribution in [0.1, 0.15) is 6.42 Å². The fourth-order valence-corrected chi connectivity index (χ4v) is 1.56. The monoisotopic (exact) mass is 189 g/mol. The third kappa shape index (κ3) is 10.9. The second-order valence-electron chi connectivity index (χ2n) is 2.58. The number of hydrogen-bond acceptors (Lipinski definition) is 1. The molecule has 13 heavy (non-hydrogen) atoms. The van der Waals surface area contributed by atoms with Gasteiger partial charge in [-0.15, -0.1) is 6.42 Å². The maximum Gasteiger partial charge on any atom is 0.0586 e. The Bertz CT molecular complexity index is 266. The van der Waals surface area contributed by atoms with Crippen molar-refractivity contribution in [3.63, 3.8) is 0 Å². The summed E-state index contributed by atoms with van der Waals surface area (Å²) in [7, 11) is 0.243. The van der Waals surface area contributed by atoms with Gasteiger partial charge in [-0.3, -0.25) is 0 Å². The summed E-state index contributed by atoms with van der Waals surface area (Å²) in [6.45, 7) is 4.11. The minimum absolute atomic E-state index is 0.243. The van der Waals surface area contributed by atoms with E-state index in [1.165, 1.54) is 12.5 Å². The van der Waals surface area contributed by atoms with Gasteiger partial charge in [0.1, 0.15) is 0 Å². The molecule has 1 N–H and O–H groups in total. The van der Waals surface area contributed by atoms with Crippen molar-refractivity contribution in [1.29, 1.82) is 0 Å². The number of nitrogens with one attached hydrogen (secondary N) is 1. The zero-order valence-corrected chi connectivity index (χ0v) is 9.53. The molecule has 0 fully saturated rings. The molecule has 0 rings (SSSR count). The van der Waals surface area contributed by atoms with Gasteiger partial charge in [-0.05, 0) is 36.6 Å². The van der Waals surface area contributed by atoms with Gasteiger partial charge in [-0.1, -0.05) is 18.5 Å². The molecule has 0 unspecified atom stereocenters. The van der Waals surface area contributed by atoms with Crippen LogP contribution in [0.5, 0.6) is 0 Å². The Morgan fingerprint density at radius 2 is 2.15 bits per heavy atom. The fourth-order valence-electron chi connectivity index (χ4n) is 0.807. The molecule has 1 nitrogen and oxygen atoms in total. The normalized spacial score (nSPS) is 8.31. The van der Waals surface area contributed by atoms with Crippen molar-refractivity contribution in [2.75, 3.05) is 13.1 Å². The van der Waals surface area contributed by atoms with E-state index in [-0.39, 0.29) is 9.52 Å². The minimum Gasteiger partial charge on any atom is -0.306 e. The second kappa shape index (κ2) is 10.9. The first kappa shape index (κ1) is 11.9. The van der Waals surface area contributed by atoms with Gasteiger partial charge >= 0.3 is 0 Å². The molecule has 0 aromatic carbocycles. The van der Waals surface area contributed by atoms with Crippen LogP contribution in [-0.2, 0) is 0 Å². The molecular formula is C11H15NSi. The average molecular weight is 189 g/mol. The third-order valence-electron chi connectivity index (χ3n) is 1.46. The molecule has 0 aliphatic heterocycles. The Morgan fingerprint density at radius 3 is 2.85 bits per heavy atom. The maximum atomic E-state index is 4.92. The lowest BCUT2D eigenvalue weighted by atomic mass is 10.4. The lowest BCUT2D eigenvalue weighted by molar-refractivity contribution is 0.735. The predicted molar refractivity (Wildman–Crippen MR) is 61.1 cm³/mol. The Morgan fingerprint density at radius 1 is 1.31 bits per heavy atom. The first-order valence-corrected chi connectivity index (χ1v) is 6.97. The number of hydrogen-bond donors (Lipinski definition) is 1. The van der Waals surface area contributed by atoms with E-state index in [2.05, 4.69) is 41.5 Å². The third-order valence-corrected chi connectivity index (χ3v) is 2.66. The van der Waals surface area contributed by atoms with Gasteiger partial charge in [-0.25, -0.2) is 0 Å². The molecule has 0 saturated heterocycles. The molecular weight excluding hydrogens is 174 g/mol. The van der Waals surface area contributed by atoms with Crippen molar-refractivity contribution in [1.82, 2.24) is 5.32 Å². The highest BCUT2D eigenvalue weighted by Gasteiger charge is 1.83. The topological polar surface area (TPSA) is 12.0 Å². The fraction of sp³-hybridized carbons (Fsp3) is 0.455. The summed E-state index contributed by atoms with van der Waals surface area (Å²) in [4.78, 5) is 0. The zero-order chi connectivity index (χ0) is 9.78. The van der Waals surface area contributed by atoms with Crippen LogP contribution in [0.4, 0.5) is 0 Å². The molecule has 0 atom stereocenters. The van der Waals surface area contributed by atoms with E-state index >= 15 is 0 Å². The van der Waals surface area contributed by atoms with E-state index in [1.54, 1.807) is 0 Å². The first-order chi connectivity index (χ1) is 6.41. The van der Waals surface area contributed by atoms with Gasteiger partial charge in [0, 0.05) is 9.52 Å². The lowest BCUT2D eigenvalue weighted by Gasteiger charge is -1.96. The van der Waals surface area contributed by atoms with E-state index in [0.29, 0.717) is 6.54 Å². The van der Waals surface area contributed by atoms with Crippen LogP contribution in [-0.4, -0.2) is 22.6 Å². The summed E-state index contributed by atoms with van der Waals surface area (Å²) < 4.78 is 0. The summed E-state index contributed by atoms with van der Waals surface area (Å²) in [5, 5.41) is 3.23. The van der Waals surface area contributed by atoms with E-state index < -0.39 is 0 Å². The summed E-state index contributed by atoms with van der Waals surface area (Å²) in [6, 6.07) is 1.41. The van der Waals surface area contributed by atoms with Crippen molar-refractivity contribution in [3.8, 4) is 36.0 Å². The van der Waals surface area contributed by atoms with Crippen molar-refractivity contribution >= 4 is 9.52 Å². The second-order valence-corrected chi connectivity index (χ2v) is 4.29. The Balaban J connectivity index is 3.24. The van der Waals surface area contributed by atoms with Crippen molar-refractivity contribution in [2.45, 2.75) is 19.0 Å². The molecule has 0 spiro atoms. The molecule has 2 heteroatoms. The smallest absolute Gasteiger partial charge is 0.0586 e. The van der Waals surface area contributed by atoms with E-state index in [0.717, 1.165) is 6.54 Å². The minimum atomic E-state index is 0.243. The van der Waals surface area contributed by atoms with Crippen LogP contribution in [0, 0.1) is 36.0 Å². The van der Waals surface area contributed by atoms with Gasteiger partial charge in [0.2, 0.25) is 0 Å². The molecule has 0 aliphatic rings. The number of rotatable bonds is 5. The van der Waals surface area contributed by atoms with Gasteiger partial charge < -0.3 is 5.32 Å². The van der Waals surface area contributed by atoms with Gasteiger partial charge in [0.05, 0.1) is 6.54 Å². The molecule has 68 valence electrons. The van der Waals surface area contributed by atoms with Crippen molar-refractivity contribution in [2.24, 2.45) is 0 Å². The van der Waals surface area contributed by atoms with Gasteiger partial charge in [-0.2, -0.15) is 0 Å². The average Bonchev–Trinajstić information content (AvgIpc) is 2.16. The van der Waals surface area contributed by atoms with Gasteiger partial charge in [0.25, 0.3) is 0 Å². The Hall–Kier alpha value is -1.14. The van der Waals surface area contributed by atoms with E-state index in [9.17, 15) is 0 Å². The van der Waals surface area contributed by atoms with Crippen LogP contribution < -0.4 is 5.32 Å². The Kier molecular flexibility index (Phi) is 9.90. The number of terminal acetylenes is 1. The van der Waals surface area contributed by atoms with Crippen LogP contribution in [0.3, 0.4) is 0 Å². The zero-order valence-electron chi connectivity index (χ0n) is 8.11. The van der Waals surface area contributed by atoms with Crippen LogP contribution in [0.15, 0.2) is 0 Å². The van der Waals surface area contributed by atoms with Gasteiger partial charge in [0.15, 0.2) is 0 Å². The summed E-state index contributed by atoms with van der Waals surface area (Å²) >= 11 is 0. The molecule has 0 aliphatic carbocycles. The highest BCUT2D eigenvalue weighted by molar-refractivity contribution is 6.33. The van der Waals surface area contributed by atoms with Crippen molar-refractivity contribution in [3.05, 3.63) is 0 Å². The molecule has 0 heterocycles. The summed E-state index contributed by atoms with van der Waals surface area (Å²) in [5.74, 6) is 12.8. The SMILES string of the molecule is C#CC#CC#CCNCCC[SiH2]C. The lowest BCUT2D eigenvalue weighted by Crippen LogP contribution is -2.15.